The van der Waals surface area contributed by atoms with Crippen molar-refractivity contribution in [2.75, 3.05) is 6.54 Å². The van der Waals surface area contributed by atoms with Crippen LogP contribution in [0.4, 0.5) is 0 Å². The summed E-state index contributed by atoms with van der Waals surface area (Å²) in [5.41, 5.74) is 0.923. The number of pyridine rings is 1. The lowest BCUT2D eigenvalue weighted by atomic mass is 10.0. The van der Waals surface area contributed by atoms with Crippen molar-refractivity contribution in [3.05, 3.63) is 78.1 Å². The van der Waals surface area contributed by atoms with Gasteiger partial charge in [-0.25, -0.2) is 0 Å². The van der Waals surface area contributed by atoms with Gasteiger partial charge in [0.2, 0.25) is 11.8 Å². The van der Waals surface area contributed by atoms with Gasteiger partial charge in [-0.1, -0.05) is 68.4 Å². The fourth-order valence-electron chi connectivity index (χ4n) is 3.98. The number of carbonyl (C=O) groups is 5. The molecule has 0 bridgehead atoms. The number of carboxylic acids is 1. The third-order valence-electron chi connectivity index (χ3n) is 5.88. The topological polar surface area (TPSA) is 146 Å². The van der Waals surface area contributed by atoms with Crippen molar-refractivity contribution in [3.63, 3.8) is 0 Å². The maximum Gasteiger partial charge on any atom is 0.305 e. The summed E-state index contributed by atoms with van der Waals surface area (Å²) in [7, 11) is 0. The van der Waals surface area contributed by atoms with E-state index in [4.69, 9.17) is 5.11 Å². The van der Waals surface area contributed by atoms with Crippen molar-refractivity contribution < 1.29 is 29.1 Å². The molecule has 2 aromatic carbocycles. The summed E-state index contributed by atoms with van der Waals surface area (Å²) in [4.78, 5) is 67.4. The molecule has 0 aliphatic heterocycles. The molecule has 0 fully saturated rings. The third kappa shape index (κ3) is 7.45. The highest BCUT2D eigenvalue weighted by Crippen LogP contribution is 2.18. The summed E-state index contributed by atoms with van der Waals surface area (Å²) in [6.45, 7) is 3.16. The zero-order chi connectivity index (χ0) is 27.7. The van der Waals surface area contributed by atoms with Crippen LogP contribution in [0.5, 0.6) is 0 Å². The molecule has 0 radical (unpaired) electrons. The Kier molecular flexibility index (Phi) is 9.64. The number of benzene rings is 2. The summed E-state index contributed by atoms with van der Waals surface area (Å²) in [5.74, 6) is -3.31. The maximum absolute atomic E-state index is 13.7. The molecule has 3 N–H and O–H groups in total. The van der Waals surface area contributed by atoms with Gasteiger partial charge in [0.15, 0.2) is 0 Å². The molecule has 0 saturated heterocycles. The minimum atomic E-state index is -1.25. The maximum atomic E-state index is 13.7. The summed E-state index contributed by atoms with van der Waals surface area (Å²) < 4.78 is 0. The fourth-order valence-corrected chi connectivity index (χ4v) is 3.98. The van der Waals surface area contributed by atoms with E-state index in [2.05, 4.69) is 15.6 Å². The number of nitrogens with one attached hydrogen (secondary N) is 2. The van der Waals surface area contributed by atoms with Gasteiger partial charge in [0.25, 0.3) is 5.91 Å². The average molecular weight is 519 g/mol. The van der Waals surface area contributed by atoms with E-state index >= 15 is 0 Å². The minimum Gasteiger partial charge on any atom is -0.481 e. The van der Waals surface area contributed by atoms with E-state index < -0.39 is 48.7 Å². The molecule has 1 unspecified atom stereocenters. The van der Waals surface area contributed by atoms with Crippen LogP contribution in [0.1, 0.15) is 36.3 Å². The van der Waals surface area contributed by atoms with Crippen molar-refractivity contribution in [1.82, 2.24) is 20.5 Å². The zero-order valence-electron chi connectivity index (χ0n) is 21.2. The average Bonchev–Trinajstić information content (AvgIpc) is 2.90. The van der Waals surface area contributed by atoms with E-state index in [1.165, 1.54) is 11.1 Å². The Balaban J connectivity index is 1.85. The zero-order valence-corrected chi connectivity index (χ0v) is 21.2. The van der Waals surface area contributed by atoms with Gasteiger partial charge in [0.05, 0.1) is 19.0 Å². The SMILES string of the molecule is CC(C)C(NC(=O)c1nccc2ccccc12)C(=O)N(CC(=O)N[C@H](C=O)CC(=O)O)Cc1ccccc1. The van der Waals surface area contributed by atoms with Gasteiger partial charge in [-0.3, -0.25) is 24.2 Å². The predicted molar refractivity (Wildman–Crippen MR) is 140 cm³/mol. The van der Waals surface area contributed by atoms with Crippen LogP contribution >= 0.6 is 0 Å². The highest BCUT2D eigenvalue weighted by molar-refractivity contribution is 6.06. The molecule has 198 valence electrons. The summed E-state index contributed by atoms with van der Waals surface area (Å²) in [5, 5.41) is 15.5. The van der Waals surface area contributed by atoms with Crippen molar-refractivity contribution in [1.29, 1.82) is 0 Å². The summed E-state index contributed by atoms with van der Waals surface area (Å²) >= 11 is 0. The summed E-state index contributed by atoms with van der Waals surface area (Å²) in [6.07, 6.45) is 1.28. The second-order valence-electron chi connectivity index (χ2n) is 9.16. The second-order valence-corrected chi connectivity index (χ2v) is 9.16. The number of hydrogen-bond acceptors (Lipinski definition) is 6. The van der Waals surface area contributed by atoms with Crippen LogP contribution in [-0.4, -0.2) is 63.6 Å². The number of carbonyl (C=O) groups excluding carboxylic acids is 4. The Bertz CT molecular complexity index is 1310. The monoisotopic (exact) mass is 518 g/mol. The van der Waals surface area contributed by atoms with Gasteiger partial charge in [-0.05, 0) is 22.9 Å². The first-order chi connectivity index (χ1) is 18.2. The number of nitrogens with zero attached hydrogens (tertiary/aromatic N) is 2. The Labute approximate surface area is 220 Å². The Morgan fingerprint density at radius 1 is 0.974 bits per heavy atom. The minimum absolute atomic E-state index is 0.0589. The first-order valence-corrected chi connectivity index (χ1v) is 12.1. The highest BCUT2D eigenvalue weighted by atomic mass is 16.4. The Morgan fingerprint density at radius 2 is 1.66 bits per heavy atom. The number of aliphatic carboxylic acids is 1. The van der Waals surface area contributed by atoms with Gasteiger partial charge in [0.1, 0.15) is 18.0 Å². The molecule has 0 spiro atoms. The van der Waals surface area contributed by atoms with Crippen LogP contribution in [-0.2, 0) is 25.7 Å². The first kappa shape index (κ1) is 28.0. The van der Waals surface area contributed by atoms with Crippen LogP contribution < -0.4 is 10.6 Å². The first-order valence-electron chi connectivity index (χ1n) is 12.1. The molecule has 10 heteroatoms. The van der Waals surface area contributed by atoms with E-state index in [1.807, 2.05) is 18.2 Å². The van der Waals surface area contributed by atoms with Crippen molar-refractivity contribution in [2.24, 2.45) is 5.92 Å². The molecule has 3 amide bonds. The number of fused-ring (bicyclic) bond motifs is 1. The number of aromatic nitrogens is 1. The van der Waals surface area contributed by atoms with E-state index in [0.717, 1.165) is 10.9 Å². The molecule has 10 nitrogen and oxygen atoms in total. The summed E-state index contributed by atoms with van der Waals surface area (Å²) in [6, 6.07) is 15.8. The quantitative estimate of drug-likeness (QED) is 0.312. The standard InChI is InChI=1S/C28H30N4O6/c1-18(2)25(31-27(37)26-22-11-7-6-10-20(22)12-13-29-26)28(38)32(15-19-8-4-3-5-9-19)16-23(34)30-21(17-33)14-24(35)36/h3-13,17-18,21,25H,14-16H2,1-2H3,(H,30,34)(H,31,37)(H,35,36)/t21-,25?/m0/s1. The van der Waals surface area contributed by atoms with Crippen LogP contribution in [0, 0.1) is 5.92 Å². The van der Waals surface area contributed by atoms with Gasteiger partial charge in [-0.15, -0.1) is 0 Å². The predicted octanol–water partition coefficient (Wildman–Crippen LogP) is 2.18. The van der Waals surface area contributed by atoms with E-state index in [9.17, 15) is 24.0 Å². The normalized spacial score (nSPS) is 12.4. The molecule has 0 aliphatic rings. The van der Waals surface area contributed by atoms with Crippen LogP contribution in [0.2, 0.25) is 0 Å². The molecule has 38 heavy (non-hydrogen) atoms. The van der Waals surface area contributed by atoms with Crippen molar-refractivity contribution in [3.8, 4) is 0 Å². The van der Waals surface area contributed by atoms with Crippen LogP contribution in [0.3, 0.4) is 0 Å². The van der Waals surface area contributed by atoms with E-state index in [0.29, 0.717) is 11.7 Å². The fraction of sp³-hybridized carbons (Fsp3) is 0.286. The molecule has 3 rings (SSSR count). The smallest absolute Gasteiger partial charge is 0.305 e. The highest BCUT2D eigenvalue weighted by Gasteiger charge is 2.31. The number of rotatable bonds is 12. The Hall–Kier alpha value is -4.60. The van der Waals surface area contributed by atoms with E-state index in [-0.39, 0.29) is 18.2 Å². The van der Waals surface area contributed by atoms with Crippen LogP contribution in [0.25, 0.3) is 10.8 Å². The van der Waals surface area contributed by atoms with Gasteiger partial charge in [0, 0.05) is 18.1 Å². The number of aldehydes is 1. The third-order valence-corrected chi connectivity index (χ3v) is 5.88. The largest absolute Gasteiger partial charge is 0.481 e. The molecular formula is C28H30N4O6. The molecule has 0 aliphatic carbocycles. The van der Waals surface area contributed by atoms with Gasteiger partial charge >= 0.3 is 5.97 Å². The molecular weight excluding hydrogens is 488 g/mol. The lowest BCUT2D eigenvalue weighted by molar-refractivity contribution is -0.141. The molecule has 1 aromatic heterocycles. The lowest BCUT2D eigenvalue weighted by Gasteiger charge is -2.30. The Morgan fingerprint density at radius 3 is 2.32 bits per heavy atom. The van der Waals surface area contributed by atoms with E-state index in [1.54, 1.807) is 56.3 Å². The number of amides is 3. The number of hydrogen-bond donors (Lipinski definition) is 3. The van der Waals surface area contributed by atoms with Gasteiger partial charge < -0.3 is 25.4 Å². The lowest BCUT2D eigenvalue weighted by Crippen LogP contribution is -2.53. The van der Waals surface area contributed by atoms with Crippen molar-refractivity contribution >= 4 is 40.7 Å². The molecule has 1 heterocycles. The second kappa shape index (κ2) is 13.1. The van der Waals surface area contributed by atoms with Gasteiger partial charge in [-0.2, -0.15) is 0 Å². The number of carboxylic acid groups (broad SMARTS) is 1. The molecule has 0 saturated carbocycles. The van der Waals surface area contributed by atoms with Crippen LogP contribution in [0.15, 0.2) is 66.9 Å². The van der Waals surface area contributed by atoms with Crippen molar-refractivity contribution in [2.45, 2.75) is 38.9 Å². The molecule has 2 atom stereocenters. The molecule has 3 aromatic rings.